The van der Waals surface area contributed by atoms with E-state index >= 15 is 0 Å². The number of piperidine rings is 1. The lowest BCUT2D eigenvalue weighted by Gasteiger charge is -2.32. The van der Waals surface area contributed by atoms with Crippen LogP contribution in [0.1, 0.15) is 31.5 Å². The van der Waals surface area contributed by atoms with Crippen molar-refractivity contribution in [1.29, 1.82) is 0 Å². The molecule has 4 nitrogen and oxygen atoms in total. The molecule has 0 aromatic carbocycles. The second-order valence-corrected chi connectivity index (χ2v) is 5.37. The molecule has 1 aromatic heterocycles. The van der Waals surface area contributed by atoms with Crippen molar-refractivity contribution in [3.63, 3.8) is 0 Å². The molecule has 0 radical (unpaired) electrons. The molecule has 102 valence electrons. The summed E-state index contributed by atoms with van der Waals surface area (Å²) in [6.07, 6.45) is 10.3. The van der Waals surface area contributed by atoms with E-state index in [1.54, 1.807) is 0 Å². The Morgan fingerprint density at radius 2 is 2.22 bits per heavy atom. The molecular formula is C14H26N4. The second-order valence-electron chi connectivity index (χ2n) is 5.37. The maximum atomic E-state index is 4.33. The average molecular weight is 250 g/mol. The molecule has 18 heavy (non-hydrogen) atoms. The van der Waals surface area contributed by atoms with E-state index in [9.17, 15) is 0 Å². The number of aryl methyl sites for hydroxylation is 1. The van der Waals surface area contributed by atoms with Crippen molar-refractivity contribution in [3.05, 3.63) is 18.2 Å². The summed E-state index contributed by atoms with van der Waals surface area (Å²) >= 11 is 0. The third-order valence-electron chi connectivity index (χ3n) is 4.02. The van der Waals surface area contributed by atoms with E-state index in [-0.39, 0.29) is 0 Å². The van der Waals surface area contributed by atoms with E-state index in [0.717, 1.165) is 31.4 Å². The lowest BCUT2D eigenvalue weighted by atomic mass is 10.0. The van der Waals surface area contributed by atoms with Crippen molar-refractivity contribution in [2.45, 2.75) is 38.1 Å². The molecule has 1 aliphatic heterocycles. The molecule has 1 fully saturated rings. The summed E-state index contributed by atoms with van der Waals surface area (Å²) in [5.74, 6) is 1.16. The molecule has 2 rings (SSSR count). The first-order chi connectivity index (χ1) is 8.77. The molecule has 0 bridgehead atoms. The van der Waals surface area contributed by atoms with E-state index in [0.29, 0.717) is 0 Å². The van der Waals surface area contributed by atoms with Crippen molar-refractivity contribution >= 4 is 0 Å². The quantitative estimate of drug-likeness (QED) is 0.775. The average Bonchev–Trinajstić information content (AvgIpc) is 2.77. The molecule has 0 spiro atoms. The molecule has 4 heteroatoms. The zero-order chi connectivity index (χ0) is 12.8. The highest BCUT2D eigenvalue weighted by Gasteiger charge is 2.17. The van der Waals surface area contributed by atoms with Crippen molar-refractivity contribution in [1.82, 2.24) is 19.8 Å². The summed E-state index contributed by atoms with van der Waals surface area (Å²) in [7, 11) is 4.32. The van der Waals surface area contributed by atoms with Gasteiger partial charge in [-0.15, -0.1) is 0 Å². The summed E-state index contributed by atoms with van der Waals surface area (Å²) in [5.41, 5.74) is 0. The minimum Gasteiger partial charge on any atom is -0.338 e. The van der Waals surface area contributed by atoms with E-state index in [1.807, 2.05) is 12.4 Å². The van der Waals surface area contributed by atoms with Gasteiger partial charge >= 0.3 is 0 Å². The van der Waals surface area contributed by atoms with Crippen LogP contribution in [0, 0.1) is 0 Å². The summed E-state index contributed by atoms with van der Waals surface area (Å²) in [6, 6.07) is 0.791. The molecule has 1 aromatic rings. The number of hydrogen-bond donors (Lipinski definition) is 1. The van der Waals surface area contributed by atoms with Gasteiger partial charge in [-0.05, 0) is 39.4 Å². The Morgan fingerprint density at radius 1 is 1.33 bits per heavy atom. The van der Waals surface area contributed by atoms with Gasteiger partial charge in [0.2, 0.25) is 0 Å². The normalized spacial score (nSPS) is 21.3. The number of rotatable bonds is 6. The Labute approximate surface area is 110 Å². The highest BCUT2D eigenvalue weighted by atomic mass is 15.1. The van der Waals surface area contributed by atoms with Crippen LogP contribution in [0.15, 0.2) is 12.4 Å². The van der Waals surface area contributed by atoms with Gasteiger partial charge in [0.1, 0.15) is 5.82 Å². The number of nitrogens with one attached hydrogen (secondary N) is 1. The third-order valence-corrected chi connectivity index (χ3v) is 4.02. The van der Waals surface area contributed by atoms with Gasteiger partial charge in [0.25, 0.3) is 0 Å². The molecule has 1 saturated heterocycles. The molecule has 2 heterocycles. The first kappa shape index (κ1) is 13.6. The van der Waals surface area contributed by atoms with E-state index in [1.165, 1.54) is 32.2 Å². The smallest absolute Gasteiger partial charge is 0.109 e. The molecule has 0 aliphatic carbocycles. The number of imidazole rings is 1. The highest BCUT2D eigenvalue weighted by molar-refractivity contribution is 4.91. The lowest BCUT2D eigenvalue weighted by molar-refractivity contribution is 0.175. The predicted octanol–water partition coefficient (Wildman–Crippen LogP) is 1.43. The van der Waals surface area contributed by atoms with Gasteiger partial charge in [-0.3, -0.25) is 0 Å². The molecule has 0 amide bonds. The van der Waals surface area contributed by atoms with Gasteiger partial charge in [-0.25, -0.2) is 4.98 Å². The van der Waals surface area contributed by atoms with Crippen molar-refractivity contribution < 1.29 is 0 Å². The molecular weight excluding hydrogens is 224 g/mol. The summed E-state index contributed by atoms with van der Waals surface area (Å²) in [4.78, 5) is 6.85. The Kier molecular flexibility index (Phi) is 5.20. The lowest BCUT2D eigenvalue weighted by Crippen LogP contribution is -2.38. The van der Waals surface area contributed by atoms with Crippen molar-refractivity contribution in [2.75, 3.05) is 26.7 Å². The van der Waals surface area contributed by atoms with Gasteiger partial charge in [-0.2, -0.15) is 0 Å². The number of aromatic nitrogens is 2. The standard InChI is InChI=1S/C14H26N4/c1-17-11-4-3-5-13(17)6-8-15-9-7-14-16-10-12-18(14)2/h10,12-13,15H,3-9,11H2,1-2H3. The fourth-order valence-corrected chi connectivity index (χ4v) is 2.74. The van der Waals surface area contributed by atoms with Crippen LogP contribution in [0.25, 0.3) is 0 Å². The fraction of sp³-hybridized carbons (Fsp3) is 0.786. The highest BCUT2D eigenvalue weighted by Crippen LogP contribution is 2.16. The first-order valence-electron chi connectivity index (χ1n) is 7.14. The molecule has 0 saturated carbocycles. The monoisotopic (exact) mass is 250 g/mol. The van der Waals surface area contributed by atoms with Gasteiger partial charge in [0.15, 0.2) is 0 Å². The Morgan fingerprint density at radius 3 is 2.94 bits per heavy atom. The van der Waals surface area contributed by atoms with Crippen LogP contribution in [0.5, 0.6) is 0 Å². The Hall–Kier alpha value is -0.870. The summed E-state index contributed by atoms with van der Waals surface area (Å²) in [5, 5.41) is 3.54. The predicted molar refractivity (Wildman–Crippen MR) is 74.7 cm³/mol. The summed E-state index contributed by atoms with van der Waals surface area (Å²) < 4.78 is 2.09. The number of hydrogen-bond acceptors (Lipinski definition) is 3. The maximum absolute atomic E-state index is 4.33. The van der Waals surface area contributed by atoms with Crippen LogP contribution in [0.3, 0.4) is 0 Å². The van der Waals surface area contributed by atoms with Gasteiger partial charge < -0.3 is 14.8 Å². The van der Waals surface area contributed by atoms with Crippen LogP contribution in [-0.2, 0) is 13.5 Å². The third kappa shape index (κ3) is 3.82. The van der Waals surface area contributed by atoms with E-state index in [4.69, 9.17) is 0 Å². The van der Waals surface area contributed by atoms with Crippen LogP contribution in [-0.4, -0.2) is 47.2 Å². The van der Waals surface area contributed by atoms with Crippen LogP contribution in [0.4, 0.5) is 0 Å². The van der Waals surface area contributed by atoms with Crippen LogP contribution < -0.4 is 5.32 Å². The molecule has 1 unspecified atom stereocenters. The van der Waals surface area contributed by atoms with Crippen LogP contribution in [0.2, 0.25) is 0 Å². The molecule has 1 N–H and O–H groups in total. The van der Waals surface area contributed by atoms with Crippen molar-refractivity contribution in [3.8, 4) is 0 Å². The van der Waals surface area contributed by atoms with Gasteiger partial charge in [0.05, 0.1) is 0 Å². The fourth-order valence-electron chi connectivity index (χ4n) is 2.74. The maximum Gasteiger partial charge on any atom is 0.109 e. The molecule has 1 aliphatic rings. The number of likely N-dealkylation sites (tertiary alicyclic amines) is 1. The van der Waals surface area contributed by atoms with E-state index < -0.39 is 0 Å². The largest absolute Gasteiger partial charge is 0.338 e. The molecule has 1 atom stereocenters. The zero-order valence-corrected chi connectivity index (χ0v) is 11.7. The van der Waals surface area contributed by atoms with Gasteiger partial charge in [0, 0.05) is 38.4 Å². The Bertz CT molecular complexity index is 347. The number of nitrogens with zero attached hydrogens (tertiary/aromatic N) is 3. The second kappa shape index (κ2) is 6.90. The SMILES string of the molecule is CN1CCCCC1CCNCCc1nccn1C. The minimum absolute atomic E-state index is 0.791. The minimum atomic E-state index is 0.791. The zero-order valence-electron chi connectivity index (χ0n) is 11.7. The van der Waals surface area contributed by atoms with Crippen LogP contribution >= 0.6 is 0 Å². The summed E-state index contributed by atoms with van der Waals surface area (Å²) in [6.45, 7) is 3.43. The van der Waals surface area contributed by atoms with Crippen molar-refractivity contribution in [2.24, 2.45) is 7.05 Å². The van der Waals surface area contributed by atoms with E-state index in [2.05, 4.69) is 33.9 Å². The first-order valence-corrected chi connectivity index (χ1v) is 7.14. The van der Waals surface area contributed by atoms with Gasteiger partial charge in [-0.1, -0.05) is 6.42 Å². The topological polar surface area (TPSA) is 33.1 Å². The Balaban J connectivity index is 1.57.